The van der Waals surface area contributed by atoms with Crippen LogP contribution in [0.1, 0.15) is 18.9 Å². The normalized spacial score (nSPS) is 10.5. The number of nitrogens with two attached hydrogens (primary N) is 1. The first-order valence-electron chi connectivity index (χ1n) is 6.27. The predicted molar refractivity (Wildman–Crippen MR) is 79.6 cm³/mol. The lowest BCUT2D eigenvalue weighted by Crippen LogP contribution is -1.98. The zero-order valence-electron chi connectivity index (χ0n) is 11.1. The van der Waals surface area contributed by atoms with Crippen molar-refractivity contribution in [3.8, 4) is 17.0 Å². The van der Waals surface area contributed by atoms with E-state index in [-0.39, 0.29) is 0 Å². The van der Waals surface area contributed by atoms with Gasteiger partial charge in [-0.25, -0.2) is 4.98 Å². The first-order chi connectivity index (χ1) is 9.10. The SMILES string of the molecule is CCCOc1cc(-c2cc(N)ccc2C)cc(Cl)n1. The second-order valence-corrected chi connectivity index (χ2v) is 4.83. The molecular weight excluding hydrogens is 260 g/mol. The van der Waals surface area contributed by atoms with Gasteiger partial charge >= 0.3 is 0 Å². The van der Waals surface area contributed by atoms with E-state index in [1.54, 1.807) is 0 Å². The van der Waals surface area contributed by atoms with Crippen molar-refractivity contribution in [2.75, 3.05) is 12.3 Å². The number of nitrogen functional groups attached to an aromatic ring is 1. The number of ether oxygens (including phenoxy) is 1. The van der Waals surface area contributed by atoms with Gasteiger partial charge in [0.25, 0.3) is 0 Å². The highest BCUT2D eigenvalue weighted by Gasteiger charge is 2.07. The molecule has 1 aromatic heterocycles. The number of hydrogen-bond acceptors (Lipinski definition) is 3. The number of pyridine rings is 1. The standard InChI is InChI=1S/C15H17ClN2O/c1-3-6-19-15-8-11(7-14(16)18-15)13-9-12(17)5-4-10(13)2/h4-5,7-9H,3,6,17H2,1-2H3. The lowest BCUT2D eigenvalue weighted by Gasteiger charge is -2.10. The van der Waals surface area contributed by atoms with Crippen molar-refractivity contribution in [1.29, 1.82) is 0 Å². The van der Waals surface area contributed by atoms with E-state index in [0.29, 0.717) is 17.6 Å². The van der Waals surface area contributed by atoms with Gasteiger partial charge in [0.05, 0.1) is 6.61 Å². The molecule has 1 heterocycles. The van der Waals surface area contributed by atoms with E-state index in [2.05, 4.69) is 4.98 Å². The molecule has 0 bridgehead atoms. The highest BCUT2D eigenvalue weighted by Crippen LogP contribution is 2.29. The van der Waals surface area contributed by atoms with Crippen LogP contribution < -0.4 is 10.5 Å². The summed E-state index contributed by atoms with van der Waals surface area (Å²) < 4.78 is 5.54. The van der Waals surface area contributed by atoms with Crippen molar-refractivity contribution in [1.82, 2.24) is 4.98 Å². The second-order valence-electron chi connectivity index (χ2n) is 4.44. The molecule has 0 aliphatic carbocycles. The molecule has 0 amide bonds. The maximum atomic E-state index is 6.05. The van der Waals surface area contributed by atoms with Gasteiger partial charge in [-0.15, -0.1) is 0 Å². The Kier molecular flexibility index (Phi) is 4.27. The van der Waals surface area contributed by atoms with E-state index in [0.717, 1.165) is 28.8 Å². The summed E-state index contributed by atoms with van der Waals surface area (Å²) in [4.78, 5) is 4.16. The Bertz CT molecular complexity index is 584. The fraction of sp³-hybridized carbons (Fsp3) is 0.267. The van der Waals surface area contributed by atoms with E-state index in [9.17, 15) is 0 Å². The molecule has 0 radical (unpaired) electrons. The second kappa shape index (κ2) is 5.93. The van der Waals surface area contributed by atoms with Crippen molar-refractivity contribution in [2.45, 2.75) is 20.3 Å². The van der Waals surface area contributed by atoms with Gasteiger partial charge in [0, 0.05) is 11.8 Å². The van der Waals surface area contributed by atoms with Gasteiger partial charge in [0.15, 0.2) is 0 Å². The summed E-state index contributed by atoms with van der Waals surface area (Å²) in [6.45, 7) is 4.71. The summed E-state index contributed by atoms with van der Waals surface area (Å²) in [5.74, 6) is 0.547. The molecule has 2 N–H and O–H groups in total. The fourth-order valence-electron chi connectivity index (χ4n) is 1.86. The van der Waals surface area contributed by atoms with Crippen molar-refractivity contribution in [3.63, 3.8) is 0 Å². The highest BCUT2D eigenvalue weighted by atomic mass is 35.5. The average molecular weight is 277 g/mol. The Morgan fingerprint density at radius 2 is 2.05 bits per heavy atom. The van der Waals surface area contributed by atoms with Crippen LogP contribution in [-0.4, -0.2) is 11.6 Å². The number of benzene rings is 1. The molecule has 0 fully saturated rings. The molecular formula is C15H17ClN2O. The summed E-state index contributed by atoms with van der Waals surface area (Å²) in [6, 6.07) is 9.53. The summed E-state index contributed by atoms with van der Waals surface area (Å²) in [7, 11) is 0. The fourth-order valence-corrected chi connectivity index (χ4v) is 2.06. The van der Waals surface area contributed by atoms with Crippen molar-refractivity contribution >= 4 is 17.3 Å². The molecule has 4 heteroatoms. The molecule has 0 atom stereocenters. The Labute approximate surface area is 118 Å². The maximum absolute atomic E-state index is 6.05. The molecule has 1 aromatic carbocycles. The van der Waals surface area contributed by atoms with Crippen LogP contribution in [0, 0.1) is 6.92 Å². The Balaban J connectivity index is 2.43. The topological polar surface area (TPSA) is 48.1 Å². The molecule has 0 saturated heterocycles. The van der Waals surface area contributed by atoms with Crippen LogP contribution in [0.3, 0.4) is 0 Å². The number of anilines is 1. The third-order valence-electron chi connectivity index (χ3n) is 2.80. The van der Waals surface area contributed by atoms with Crippen molar-refractivity contribution < 1.29 is 4.74 Å². The minimum atomic E-state index is 0.422. The van der Waals surface area contributed by atoms with E-state index in [1.165, 1.54) is 0 Å². The number of hydrogen-bond donors (Lipinski definition) is 1. The van der Waals surface area contributed by atoms with Crippen molar-refractivity contribution in [3.05, 3.63) is 41.0 Å². The molecule has 2 aromatic rings. The Morgan fingerprint density at radius 1 is 1.26 bits per heavy atom. The number of nitrogens with zero attached hydrogens (tertiary/aromatic N) is 1. The average Bonchev–Trinajstić information content (AvgIpc) is 2.38. The van der Waals surface area contributed by atoms with E-state index in [1.807, 2.05) is 44.2 Å². The largest absolute Gasteiger partial charge is 0.478 e. The summed E-state index contributed by atoms with van der Waals surface area (Å²) in [5, 5.41) is 0.422. The summed E-state index contributed by atoms with van der Waals surface area (Å²) >= 11 is 6.05. The van der Waals surface area contributed by atoms with Gasteiger partial charge in [0.1, 0.15) is 5.15 Å². The Hall–Kier alpha value is -1.74. The van der Waals surface area contributed by atoms with E-state index < -0.39 is 0 Å². The first kappa shape index (κ1) is 13.7. The van der Waals surface area contributed by atoms with Gasteiger partial charge in [-0.05, 0) is 48.2 Å². The minimum absolute atomic E-state index is 0.422. The molecule has 0 spiro atoms. The number of rotatable bonds is 4. The first-order valence-corrected chi connectivity index (χ1v) is 6.65. The monoisotopic (exact) mass is 276 g/mol. The van der Waals surface area contributed by atoms with Crippen LogP contribution in [0.2, 0.25) is 5.15 Å². The molecule has 0 saturated carbocycles. The van der Waals surface area contributed by atoms with Gasteiger partial charge in [0.2, 0.25) is 5.88 Å². The number of aromatic nitrogens is 1. The molecule has 0 aliphatic heterocycles. The molecule has 19 heavy (non-hydrogen) atoms. The lowest BCUT2D eigenvalue weighted by molar-refractivity contribution is 0.305. The molecule has 0 aliphatic rings. The van der Waals surface area contributed by atoms with Crippen LogP contribution in [-0.2, 0) is 0 Å². The van der Waals surface area contributed by atoms with Gasteiger partial charge in [-0.2, -0.15) is 0 Å². The lowest BCUT2D eigenvalue weighted by atomic mass is 10.0. The molecule has 0 unspecified atom stereocenters. The molecule has 3 nitrogen and oxygen atoms in total. The zero-order chi connectivity index (χ0) is 13.8. The zero-order valence-corrected chi connectivity index (χ0v) is 11.9. The number of aryl methyl sites for hydroxylation is 1. The molecule has 100 valence electrons. The molecule has 2 rings (SSSR count). The minimum Gasteiger partial charge on any atom is -0.478 e. The van der Waals surface area contributed by atoms with Gasteiger partial charge in [-0.1, -0.05) is 24.6 Å². The van der Waals surface area contributed by atoms with E-state index >= 15 is 0 Å². The Morgan fingerprint density at radius 3 is 2.79 bits per heavy atom. The highest BCUT2D eigenvalue weighted by molar-refractivity contribution is 6.29. The van der Waals surface area contributed by atoms with E-state index in [4.69, 9.17) is 22.1 Å². The van der Waals surface area contributed by atoms with Gasteiger partial charge in [-0.3, -0.25) is 0 Å². The third-order valence-corrected chi connectivity index (χ3v) is 2.99. The predicted octanol–water partition coefficient (Wildman–Crippen LogP) is 4.08. The summed E-state index contributed by atoms with van der Waals surface area (Å²) in [5.41, 5.74) is 9.72. The van der Waals surface area contributed by atoms with Crippen LogP contribution in [0.5, 0.6) is 5.88 Å². The third kappa shape index (κ3) is 3.38. The van der Waals surface area contributed by atoms with Crippen LogP contribution in [0.25, 0.3) is 11.1 Å². The van der Waals surface area contributed by atoms with Crippen LogP contribution in [0.4, 0.5) is 5.69 Å². The van der Waals surface area contributed by atoms with Crippen LogP contribution >= 0.6 is 11.6 Å². The number of halogens is 1. The summed E-state index contributed by atoms with van der Waals surface area (Å²) in [6.07, 6.45) is 0.931. The van der Waals surface area contributed by atoms with Gasteiger partial charge < -0.3 is 10.5 Å². The quantitative estimate of drug-likeness (QED) is 0.676. The maximum Gasteiger partial charge on any atom is 0.215 e. The smallest absolute Gasteiger partial charge is 0.215 e. The van der Waals surface area contributed by atoms with Crippen molar-refractivity contribution in [2.24, 2.45) is 0 Å². The van der Waals surface area contributed by atoms with Crippen LogP contribution in [0.15, 0.2) is 30.3 Å².